The van der Waals surface area contributed by atoms with E-state index in [1.165, 1.54) is 0 Å². The molecular weight excluding hydrogens is 1050 g/mol. The van der Waals surface area contributed by atoms with Crippen molar-refractivity contribution in [1.29, 1.82) is 0 Å². The Morgan fingerprint density at radius 3 is 1.25 bits per heavy atom. The van der Waals surface area contributed by atoms with E-state index in [0.29, 0.717) is 31.1 Å². The molecule has 0 saturated carbocycles. The van der Waals surface area contributed by atoms with Crippen molar-refractivity contribution in [3.8, 4) is 23.0 Å². The number of carbonyl (C=O) groups is 5. The van der Waals surface area contributed by atoms with Gasteiger partial charge in [0.25, 0.3) is 0 Å². The number of aliphatic hydroxyl groups excluding tert-OH is 4. The predicted octanol–water partition coefficient (Wildman–Crippen LogP) is 7.82. The Labute approximate surface area is 480 Å². The van der Waals surface area contributed by atoms with Crippen LogP contribution in [0.15, 0.2) is 109 Å². The van der Waals surface area contributed by atoms with Gasteiger partial charge in [-0.1, -0.05) is 85.8 Å². The maximum Gasteiger partial charge on any atom is 0.510 e. The number of esters is 4. The van der Waals surface area contributed by atoms with Crippen LogP contribution in [0, 0.1) is 5.41 Å². The highest BCUT2D eigenvalue weighted by Crippen LogP contribution is 2.24. The first-order valence-corrected chi connectivity index (χ1v) is 26.1. The molecule has 12 N–H and O–H groups in total. The maximum atomic E-state index is 10.8. The number of aliphatic hydroxyl groups is 4. The average Bonchev–Trinajstić information content (AvgIpc) is 3.40. The second-order valence-corrected chi connectivity index (χ2v) is 18.1. The fourth-order valence-corrected chi connectivity index (χ4v) is 4.37. The van der Waals surface area contributed by atoms with E-state index in [2.05, 4.69) is 18.9 Å². The molecule has 0 radical (unpaired) electrons. The Balaban J connectivity index is -0.000000268. The zero-order valence-electron chi connectivity index (χ0n) is 50.2. The molecule has 2 unspecified atom stereocenters. The number of carbonyl (C=O) groups excluding carboxylic acids is 5. The summed E-state index contributed by atoms with van der Waals surface area (Å²) in [7, 11) is 0. The second kappa shape index (κ2) is 53.6. The first-order valence-electron chi connectivity index (χ1n) is 26.1. The van der Waals surface area contributed by atoms with E-state index in [-0.39, 0.29) is 73.8 Å². The number of para-hydroxylation sites is 4. The maximum absolute atomic E-state index is 10.8. The fourth-order valence-electron chi connectivity index (χ4n) is 4.37. The third-order valence-electron chi connectivity index (χ3n) is 8.06. The first kappa shape index (κ1) is 82.8. The fraction of sp³-hybridized carbons (Fsp3) is 0.508. The standard InChI is InChI=1S/C9H12O2.C8H10O2.C7H15NO2.C7H8O.C6H13NO2.C6H12O3.C6H6O.C5H11NO2.C5H10O4/c1-2-11-9-6-4-3-5-8(9)7-10;1-2-10-8-6-4-3-5-7(8)9;1-4-6(8)7(9)10-5(2)3;8-6-7-4-2-1-3-5-7;1-4(2)9-6(8)5(3)7;1-6(2,3)5(8)9-4-7;7-6-4-2-1-3-5-6;1-4(2)8-5(7)3-6;1-4(2)9-5(7)8-3-6/h3-6,10H,2,7H2,1H3;3-6,9H,2H2,1H3;5-6H,4,8H2,1-3H3;1-5,8H,6H2;4-5H,7H2,1-3H3;7H,4H2,1-3H3;1-5,7H;4H,3,6H2,1-2H3;4,6H,3H2,1-2H3. The number of rotatable bonds is 16. The lowest BCUT2D eigenvalue weighted by molar-refractivity contribution is -0.161. The average molecular weight is 1150 g/mol. The van der Waals surface area contributed by atoms with Crippen molar-refractivity contribution in [1.82, 2.24) is 0 Å². The van der Waals surface area contributed by atoms with Crippen LogP contribution in [0.5, 0.6) is 23.0 Å². The van der Waals surface area contributed by atoms with Crippen molar-refractivity contribution in [3.63, 3.8) is 0 Å². The van der Waals surface area contributed by atoms with Crippen molar-refractivity contribution in [3.05, 3.63) is 120 Å². The first-order chi connectivity index (χ1) is 38.0. The van der Waals surface area contributed by atoms with E-state index in [0.717, 1.165) is 16.9 Å². The monoisotopic (exact) mass is 1150 g/mol. The van der Waals surface area contributed by atoms with Crippen molar-refractivity contribution < 1.29 is 92.5 Å². The highest BCUT2D eigenvalue weighted by molar-refractivity contribution is 5.76. The van der Waals surface area contributed by atoms with E-state index in [4.69, 9.17) is 66.8 Å². The van der Waals surface area contributed by atoms with Crippen LogP contribution in [0.4, 0.5) is 4.79 Å². The molecule has 0 fully saturated rings. The summed E-state index contributed by atoms with van der Waals surface area (Å²) in [6.07, 6.45) is -0.595. The van der Waals surface area contributed by atoms with Gasteiger partial charge in [-0.25, -0.2) is 4.79 Å². The molecule has 4 rings (SSSR count). The third kappa shape index (κ3) is 56.0. The van der Waals surface area contributed by atoms with Crippen LogP contribution in [0.1, 0.15) is 121 Å². The lowest BCUT2D eigenvalue weighted by atomic mass is 9.98. The van der Waals surface area contributed by atoms with E-state index in [1.54, 1.807) is 126 Å². The molecule has 4 aromatic rings. The van der Waals surface area contributed by atoms with Crippen LogP contribution in [0.3, 0.4) is 0 Å². The topological polar surface area (TPSA) is 359 Å². The van der Waals surface area contributed by atoms with Gasteiger partial charge in [-0.2, -0.15) is 0 Å². The number of hydrogen-bond acceptors (Lipinski definition) is 22. The SMILES string of the molecule is CC(C)(C)C(=O)OCO.CC(C)OC(=O)C(C)N.CC(C)OC(=O)CN.CC(C)OC(=O)OCO.CCC(N)C(=O)OC(C)C.CCOc1ccccc1CO.CCOc1ccccc1O.OCc1ccccc1.Oc1ccccc1. The number of benzene rings is 4. The number of phenolic OH excluding ortho intramolecular Hbond substituents is 2. The van der Waals surface area contributed by atoms with Crippen molar-refractivity contribution in [2.45, 2.75) is 160 Å². The Morgan fingerprint density at radius 1 is 0.519 bits per heavy atom. The zero-order chi connectivity index (χ0) is 63.4. The van der Waals surface area contributed by atoms with Gasteiger partial charge in [0.1, 0.15) is 23.6 Å². The molecule has 0 aromatic heterocycles. The third-order valence-corrected chi connectivity index (χ3v) is 8.06. The predicted molar refractivity (Wildman–Crippen MR) is 310 cm³/mol. The Hall–Kier alpha value is -7.05. The Kier molecular flexibility index (Phi) is 54.8. The Morgan fingerprint density at radius 2 is 0.938 bits per heavy atom. The molecule has 0 aliphatic heterocycles. The number of ether oxygens (including phenoxy) is 8. The number of nitrogens with two attached hydrogens (primary N) is 3. The van der Waals surface area contributed by atoms with Crippen LogP contribution >= 0.6 is 0 Å². The molecule has 0 bridgehead atoms. The highest BCUT2D eigenvalue weighted by atomic mass is 16.8. The molecule has 0 saturated heterocycles. The van der Waals surface area contributed by atoms with Gasteiger partial charge in [0.15, 0.2) is 25.1 Å². The van der Waals surface area contributed by atoms with Crippen LogP contribution < -0.4 is 26.7 Å². The molecule has 0 aliphatic carbocycles. The van der Waals surface area contributed by atoms with Gasteiger partial charge in [-0.3, -0.25) is 19.2 Å². The Bertz CT molecular complexity index is 2140. The molecule has 462 valence electrons. The summed E-state index contributed by atoms with van der Waals surface area (Å²) in [5.74, 6) is 0.460. The van der Waals surface area contributed by atoms with Crippen molar-refractivity contribution in [2.75, 3.05) is 33.3 Å². The number of aromatic hydroxyl groups is 2. The molecule has 81 heavy (non-hydrogen) atoms. The summed E-state index contributed by atoms with van der Waals surface area (Å²) in [6, 6.07) is 31.7. The summed E-state index contributed by atoms with van der Waals surface area (Å²) < 4.78 is 37.4. The second-order valence-electron chi connectivity index (χ2n) is 18.1. The molecule has 22 nitrogen and oxygen atoms in total. The molecule has 2 atom stereocenters. The minimum absolute atomic E-state index is 0.0296. The summed E-state index contributed by atoms with van der Waals surface area (Å²) in [6.45, 7) is 26.8. The van der Waals surface area contributed by atoms with E-state index in [9.17, 15) is 24.0 Å². The van der Waals surface area contributed by atoms with Crippen LogP contribution in [-0.2, 0) is 60.8 Å². The minimum Gasteiger partial charge on any atom is -0.508 e. The van der Waals surface area contributed by atoms with E-state index in [1.807, 2.05) is 87.5 Å². The van der Waals surface area contributed by atoms with Gasteiger partial charge in [0, 0.05) is 5.56 Å². The molecular formula is C59H97N3O19. The summed E-state index contributed by atoms with van der Waals surface area (Å²) in [4.78, 5) is 52.6. The summed E-state index contributed by atoms with van der Waals surface area (Å²) >= 11 is 0. The lowest BCUT2D eigenvalue weighted by Crippen LogP contribution is -2.32. The van der Waals surface area contributed by atoms with Crippen molar-refractivity contribution >= 4 is 30.0 Å². The number of phenols is 2. The minimum atomic E-state index is -0.840. The van der Waals surface area contributed by atoms with Gasteiger partial charge in [-0.05, 0) is 139 Å². The van der Waals surface area contributed by atoms with Gasteiger partial charge in [-0.15, -0.1) is 0 Å². The number of hydrogen-bond donors (Lipinski definition) is 9. The van der Waals surface area contributed by atoms with Gasteiger partial charge in [0.05, 0.1) is 62.8 Å². The lowest BCUT2D eigenvalue weighted by Gasteiger charge is -2.14. The van der Waals surface area contributed by atoms with Gasteiger partial charge in [0.2, 0.25) is 0 Å². The van der Waals surface area contributed by atoms with Crippen LogP contribution in [0.2, 0.25) is 0 Å². The normalized spacial score (nSPS) is 10.4. The molecule has 0 heterocycles. The van der Waals surface area contributed by atoms with Gasteiger partial charge < -0.3 is 85.7 Å². The van der Waals surface area contributed by atoms with Crippen LogP contribution in [-0.4, -0.2) is 131 Å². The molecule has 0 spiro atoms. The highest BCUT2D eigenvalue weighted by Gasteiger charge is 2.22. The molecule has 0 amide bonds. The van der Waals surface area contributed by atoms with E-state index >= 15 is 0 Å². The summed E-state index contributed by atoms with van der Waals surface area (Å²) in [5, 5.41) is 51.3. The molecule has 4 aromatic carbocycles. The van der Waals surface area contributed by atoms with E-state index < -0.39 is 37.2 Å². The zero-order valence-corrected chi connectivity index (χ0v) is 50.2. The quantitative estimate of drug-likeness (QED) is 0.0293. The van der Waals surface area contributed by atoms with Gasteiger partial charge >= 0.3 is 30.0 Å². The van der Waals surface area contributed by atoms with Crippen molar-refractivity contribution in [2.24, 2.45) is 22.6 Å². The van der Waals surface area contributed by atoms with Crippen LogP contribution in [0.25, 0.3) is 0 Å². The smallest absolute Gasteiger partial charge is 0.508 e. The molecule has 0 aliphatic rings. The largest absolute Gasteiger partial charge is 0.510 e. The summed E-state index contributed by atoms with van der Waals surface area (Å²) in [5.41, 5.74) is 16.8. The molecule has 22 heteroatoms.